The molecule has 1 saturated heterocycles. The minimum absolute atomic E-state index is 0.698. The van der Waals surface area contributed by atoms with Crippen LogP contribution in [0.15, 0.2) is 12.1 Å². The molecule has 96 valence electrons. The first-order chi connectivity index (χ1) is 8.28. The second-order valence-corrected chi connectivity index (χ2v) is 6.41. The molecule has 1 aliphatic heterocycles. The average Bonchev–Trinajstić information content (AvgIpc) is 2.58. The highest BCUT2D eigenvalue weighted by Crippen LogP contribution is 2.18. The monoisotopic (exact) mass is 252 g/mol. The quantitative estimate of drug-likeness (QED) is 0.886. The Morgan fingerprint density at radius 1 is 1.47 bits per heavy atom. The van der Waals surface area contributed by atoms with E-state index in [4.69, 9.17) is 0 Å². The molecule has 3 heteroatoms. The lowest BCUT2D eigenvalue weighted by Crippen LogP contribution is -2.37. The van der Waals surface area contributed by atoms with Crippen LogP contribution in [0.4, 0.5) is 0 Å². The Morgan fingerprint density at radius 2 is 2.35 bits per heavy atom. The van der Waals surface area contributed by atoms with Gasteiger partial charge in [-0.05, 0) is 45.0 Å². The first-order valence-corrected chi connectivity index (χ1v) is 7.60. The Bertz CT molecular complexity index is 335. The molecule has 2 heterocycles. The zero-order valence-electron chi connectivity index (χ0n) is 11.0. The summed E-state index contributed by atoms with van der Waals surface area (Å²) in [6, 6.07) is 5.22. The van der Waals surface area contributed by atoms with Crippen LogP contribution in [0.5, 0.6) is 0 Å². The fourth-order valence-electron chi connectivity index (χ4n) is 2.55. The zero-order chi connectivity index (χ0) is 12.1. The van der Waals surface area contributed by atoms with Crippen molar-refractivity contribution in [3.63, 3.8) is 0 Å². The van der Waals surface area contributed by atoms with E-state index in [2.05, 4.69) is 36.2 Å². The molecule has 1 aromatic rings. The van der Waals surface area contributed by atoms with E-state index in [-0.39, 0.29) is 0 Å². The summed E-state index contributed by atoms with van der Waals surface area (Å²) >= 11 is 1.94. The van der Waals surface area contributed by atoms with Gasteiger partial charge in [0, 0.05) is 28.9 Å². The van der Waals surface area contributed by atoms with E-state index < -0.39 is 0 Å². The molecular weight excluding hydrogens is 228 g/mol. The number of aryl methyl sites for hydroxylation is 1. The Balaban J connectivity index is 1.90. The summed E-state index contributed by atoms with van der Waals surface area (Å²) in [5, 5.41) is 3.67. The van der Waals surface area contributed by atoms with Crippen molar-refractivity contribution >= 4 is 11.3 Å². The topological polar surface area (TPSA) is 15.3 Å². The third-order valence-electron chi connectivity index (χ3n) is 3.38. The highest BCUT2D eigenvalue weighted by atomic mass is 32.1. The molecular formula is C14H24N2S. The van der Waals surface area contributed by atoms with E-state index in [1.54, 1.807) is 0 Å². The highest BCUT2D eigenvalue weighted by molar-refractivity contribution is 7.11. The average molecular weight is 252 g/mol. The van der Waals surface area contributed by atoms with Gasteiger partial charge in [0.05, 0.1) is 0 Å². The molecule has 1 atom stereocenters. The normalized spacial score (nSPS) is 22.6. The molecule has 0 radical (unpaired) electrons. The summed E-state index contributed by atoms with van der Waals surface area (Å²) in [6.07, 6.45) is 3.87. The van der Waals surface area contributed by atoms with Crippen LogP contribution in [0.25, 0.3) is 0 Å². The number of hydrogen-bond donors (Lipinski definition) is 1. The number of thiophene rings is 1. The Morgan fingerprint density at radius 3 is 3.06 bits per heavy atom. The van der Waals surface area contributed by atoms with Gasteiger partial charge in [-0.15, -0.1) is 11.3 Å². The Labute approximate surface area is 109 Å². The molecule has 1 aliphatic rings. The molecule has 0 aromatic carbocycles. The van der Waals surface area contributed by atoms with Gasteiger partial charge >= 0.3 is 0 Å². The second kappa shape index (κ2) is 6.53. The maximum absolute atomic E-state index is 3.67. The van der Waals surface area contributed by atoms with Gasteiger partial charge in [-0.2, -0.15) is 0 Å². The summed E-state index contributed by atoms with van der Waals surface area (Å²) in [4.78, 5) is 5.56. The van der Waals surface area contributed by atoms with Crippen LogP contribution in [0, 0.1) is 6.92 Å². The van der Waals surface area contributed by atoms with Crippen molar-refractivity contribution in [1.29, 1.82) is 0 Å². The number of hydrogen-bond acceptors (Lipinski definition) is 3. The van der Waals surface area contributed by atoms with Crippen molar-refractivity contribution < 1.29 is 0 Å². The minimum Gasteiger partial charge on any atom is -0.313 e. The number of rotatable bonds is 4. The standard InChI is InChI=1S/C14H24N2S/c1-3-5-13-10-16(9-4-8-15-13)11-14-7-6-12(2)17-14/h6-7,13,15H,3-5,8-11H2,1-2H3. The lowest BCUT2D eigenvalue weighted by molar-refractivity contribution is 0.257. The van der Waals surface area contributed by atoms with Gasteiger partial charge in [-0.25, -0.2) is 0 Å². The van der Waals surface area contributed by atoms with Crippen molar-refractivity contribution in [1.82, 2.24) is 10.2 Å². The van der Waals surface area contributed by atoms with Gasteiger partial charge < -0.3 is 5.32 Å². The van der Waals surface area contributed by atoms with Crippen molar-refractivity contribution in [3.8, 4) is 0 Å². The first-order valence-electron chi connectivity index (χ1n) is 6.79. The molecule has 0 saturated carbocycles. The Kier molecular flexibility index (Phi) is 5.01. The van der Waals surface area contributed by atoms with E-state index in [0.717, 1.165) is 6.54 Å². The van der Waals surface area contributed by atoms with Crippen LogP contribution in [0.1, 0.15) is 35.9 Å². The van der Waals surface area contributed by atoms with Gasteiger partial charge in [0.2, 0.25) is 0 Å². The summed E-state index contributed by atoms with van der Waals surface area (Å²) in [7, 11) is 0. The molecule has 0 spiro atoms. The van der Waals surface area contributed by atoms with Crippen LogP contribution < -0.4 is 5.32 Å². The lowest BCUT2D eigenvalue weighted by Gasteiger charge is -2.23. The summed E-state index contributed by atoms with van der Waals surface area (Å²) < 4.78 is 0. The van der Waals surface area contributed by atoms with Crippen molar-refractivity contribution in [2.45, 2.75) is 45.7 Å². The largest absolute Gasteiger partial charge is 0.313 e. The lowest BCUT2D eigenvalue weighted by atomic mass is 10.1. The SMILES string of the molecule is CCCC1CN(Cc2ccc(C)s2)CCCN1. The van der Waals surface area contributed by atoms with Gasteiger partial charge in [-0.3, -0.25) is 4.90 Å². The molecule has 1 aromatic heterocycles. The van der Waals surface area contributed by atoms with Crippen LogP contribution in [-0.2, 0) is 6.54 Å². The number of nitrogens with one attached hydrogen (secondary N) is 1. The smallest absolute Gasteiger partial charge is 0.0328 e. The molecule has 17 heavy (non-hydrogen) atoms. The van der Waals surface area contributed by atoms with Crippen LogP contribution in [0.3, 0.4) is 0 Å². The van der Waals surface area contributed by atoms with Crippen molar-refractivity contribution in [3.05, 3.63) is 21.9 Å². The molecule has 1 fully saturated rings. The van der Waals surface area contributed by atoms with E-state index >= 15 is 0 Å². The predicted molar refractivity (Wildman–Crippen MR) is 75.6 cm³/mol. The predicted octanol–water partition coefficient (Wildman–Crippen LogP) is 3.02. The van der Waals surface area contributed by atoms with E-state index in [9.17, 15) is 0 Å². The fourth-order valence-corrected chi connectivity index (χ4v) is 3.49. The molecule has 2 rings (SSSR count). The van der Waals surface area contributed by atoms with E-state index in [0.29, 0.717) is 6.04 Å². The number of nitrogens with zero attached hydrogens (tertiary/aromatic N) is 1. The molecule has 1 unspecified atom stereocenters. The molecule has 0 amide bonds. The third kappa shape index (κ3) is 4.09. The van der Waals surface area contributed by atoms with Gasteiger partial charge in [-0.1, -0.05) is 13.3 Å². The van der Waals surface area contributed by atoms with E-state index in [1.165, 1.54) is 48.7 Å². The van der Waals surface area contributed by atoms with Crippen molar-refractivity contribution in [2.24, 2.45) is 0 Å². The van der Waals surface area contributed by atoms with E-state index in [1.807, 2.05) is 11.3 Å². The minimum atomic E-state index is 0.698. The summed E-state index contributed by atoms with van der Waals surface area (Å²) in [6.45, 7) is 9.25. The van der Waals surface area contributed by atoms with Gasteiger partial charge in [0.25, 0.3) is 0 Å². The van der Waals surface area contributed by atoms with Gasteiger partial charge in [0.1, 0.15) is 0 Å². The van der Waals surface area contributed by atoms with Gasteiger partial charge in [0.15, 0.2) is 0 Å². The third-order valence-corrected chi connectivity index (χ3v) is 4.36. The highest BCUT2D eigenvalue weighted by Gasteiger charge is 2.17. The van der Waals surface area contributed by atoms with Crippen LogP contribution in [0.2, 0.25) is 0 Å². The summed E-state index contributed by atoms with van der Waals surface area (Å²) in [5.41, 5.74) is 0. The van der Waals surface area contributed by atoms with Crippen LogP contribution in [-0.4, -0.2) is 30.6 Å². The zero-order valence-corrected chi connectivity index (χ0v) is 11.9. The maximum Gasteiger partial charge on any atom is 0.0328 e. The van der Waals surface area contributed by atoms with Crippen LogP contribution >= 0.6 is 11.3 Å². The molecule has 1 N–H and O–H groups in total. The molecule has 0 aliphatic carbocycles. The molecule has 2 nitrogen and oxygen atoms in total. The Hall–Kier alpha value is -0.380. The first kappa shape index (κ1) is 13.1. The maximum atomic E-state index is 3.67. The molecule has 0 bridgehead atoms. The fraction of sp³-hybridized carbons (Fsp3) is 0.714. The van der Waals surface area contributed by atoms with Crippen molar-refractivity contribution in [2.75, 3.05) is 19.6 Å². The second-order valence-electron chi connectivity index (χ2n) is 5.04. The summed E-state index contributed by atoms with van der Waals surface area (Å²) in [5.74, 6) is 0.